The summed E-state index contributed by atoms with van der Waals surface area (Å²) in [6, 6.07) is 9.73. The zero-order valence-electron chi connectivity index (χ0n) is 11.5. The van der Waals surface area contributed by atoms with Gasteiger partial charge < -0.3 is 10.1 Å². The van der Waals surface area contributed by atoms with E-state index in [0.717, 1.165) is 10.8 Å². The van der Waals surface area contributed by atoms with Crippen molar-refractivity contribution in [3.8, 4) is 6.07 Å². The average molecular weight is 281 g/mol. The standard InChI is InChI=1S/C16H15N3O2/c17-11-16(5-8-21-9-6-16)15(20)19-14-3-1-2-12-4-7-18-10-13(12)14/h1-4,7,10H,5-6,8-9H2,(H,19,20). The number of rotatable bonds is 2. The fourth-order valence-electron chi connectivity index (χ4n) is 2.57. The summed E-state index contributed by atoms with van der Waals surface area (Å²) in [6.07, 6.45) is 4.29. The van der Waals surface area contributed by atoms with E-state index < -0.39 is 5.41 Å². The van der Waals surface area contributed by atoms with E-state index in [4.69, 9.17) is 4.74 Å². The van der Waals surface area contributed by atoms with Crippen LogP contribution in [0.25, 0.3) is 10.8 Å². The van der Waals surface area contributed by atoms with Crippen LogP contribution in [0.4, 0.5) is 5.69 Å². The number of pyridine rings is 1. The van der Waals surface area contributed by atoms with Gasteiger partial charge in [-0.2, -0.15) is 5.26 Å². The van der Waals surface area contributed by atoms with Crippen LogP contribution in [-0.2, 0) is 9.53 Å². The molecule has 1 aliphatic rings. The molecule has 21 heavy (non-hydrogen) atoms. The zero-order valence-corrected chi connectivity index (χ0v) is 11.5. The van der Waals surface area contributed by atoms with Gasteiger partial charge in [0.15, 0.2) is 0 Å². The molecule has 2 heterocycles. The molecule has 1 amide bonds. The summed E-state index contributed by atoms with van der Waals surface area (Å²) in [7, 11) is 0. The van der Waals surface area contributed by atoms with Gasteiger partial charge in [0, 0.05) is 31.0 Å². The minimum Gasteiger partial charge on any atom is -0.381 e. The Balaban J connectivity index is 1.91. The first-order valence-electron chi connectivity index (χ1n) is 6.88. The van der Waals surface area contributed by atoms with E-state index >= 15 is 0 Å². The largest absolute Gasteiger partial charge is 0.381 e. The van der Waals surface area contributed by atoms with E-state index in [1.54, 1.807) is 12.4 Å². The molecular weight excluding hydrogens is 266 g/mol. The van der Waals surface area contributed by atoms with Crippen molar-refractivity contribution < 1.29 is 9.53 Å². The highest BCUT2D eigenvalue weighted by atomic mass is 16.5. The number of nitrogens with zero attached hydrogens (tertiary/aromatic N) is 2. The van der Waals surface area contributed by atoms with Crippen molar-refractivity contribution in [2.45, 2.75) is 12.8 Å². The normalized spacial score (nSPS) is 17.1. The van der Waals surface area contributed by atoms with Crippen molar-refractivity contribution >= 4 is 22.4 Å². The first-order chi connectivity index (χ1) is 10.2. The summed E-state index contributed by atoms with van der Waals surface area (Å²) in [5.74, 6) is -0.260. The molecule has 2 aromatic rings. The molecule has 0 spiro atoms. The molecule has 0 bridgehead atoms. The number of hydrogen-bond donors (Lipinski definition) is 1. The quantitative estimate of drug-likeness (QED) is 0.917. The maximum absolute atomic E-state index is 12.6. The maximum atomic E-state index is 12.6. The van der Waals surface area contributed by atoms with Crippen molar-refractivity contribution in [3.05, 3.63) is 36.7 Å². The fraction of sp³-hybridized carbons (Fsp3) is 0.312. The topological polar surface area (TPSA) is 75.0 Å². The number of ether oxygens (including phenoxy) is 1. The monoisotopic (exact) mass is 281 g/mol. The Morgan fingerprint density at radius 3 is 2.90 bits per heavy atom. The molecule has 3 rings (SSSR count). The molecule has 1 aromatic carbocycles. The summed E-state index contributed by atoms with van der Waals surface area (Å²) in [5, 5.41) is 14.2. The molecule has 5 nitrogen and oxygen atoms in total. The van der Waals surface area contributed by atoms with Gasteiger partial charge in [-0.05, 0) is 30.4 Å². The van der Waals surface area contributed by atoms with Crippen LogP contribution >= 0.6 is 0 Å². The second kappa shape index (κ2) is 5.51. The van der Waals surface area contributed by atoms with Gasteiger partial charge in [0.25, 0.3) is 0 Å². The lowest BCUT2D eigenvalue weighted by Crippen LogP contribution is -2.39. The van der Waals surface area contributed by atoms with Crippen LogP contribution in [0.3, 0.4) is 0 Å². The van der Waals surface area contributed by atoms with Crippen LogP contribution < -0.4 is 5.32 Å². The smallest absolute Gasteiger partial charge is 0.245 e. The van der Waals surface area contributed by atoms with Gasteiger partial charge in [-0.3, -0.25) is 9.78 Å². The first-order valence-corrected chi connectivity index (χ1v) is 6.88. The lowest BCUT2D eigenvalue weighted by atomic mass is 9.81. The molecular formula is C16H15N3O2. The van der Waals surface area contributed by atoms with Crippen LogP contribution in [-0.4, -0.2) is 24.1 Å². The van der Waals surface area contributed by atoms with Crippen LogP contribution in [0.2, 0.25) is 0 Å². The van der Waals surface area contributed by atoms with Crippen LogP contribution in [0.1, 0.15) is 12.8 Å². The molecule has 1 N–H and O–H groups in total. The minimum atomic E-state index is -0.997. The Kier molecular flexibility index (Phi) is 3.55. The number of carbonyl (C=O) groups excluding carboxylic acids is 1. The number of nitrogens with one attached hydrogen (secondary N) is 1. The molecule has 1 aromatic heterocycles. The van der Waals surface area contributed by atoms with Crippen molar-refractivity contribution in [2.75, 3.05) is 18.5 Å². The third-order valence-corrected chi connectivity index (χ3v) is 3.93. The van der Waals surface area contributed by atoms with E-state index in [2.05, 4.69) is 16.4 Å². The summed E-state index contributed by atoms with van der Waals surface area (Å²) < 4.78 is 5.26. The highest BCUT2D eigenvalue weighted by Gasteiger charge is 2.40. The molecule has 0 unspecified atom stereocenters. The average Bonchev–Trinajstić information content (AvgIpc) is 2.56. The Hall–Kier alpha value is -2.45. The summed E-state index contributed by atoms with van der Waals surface area (Å²) >= 11 is 0. The predicted octanol–water partition coefficient (Wildman–Crippen LogP) is 2.49. The maximum Gasteiger partial charge on any atom is 0.245 e. The van der Waals surface area contributed by atoms with Crippen LogP contribution in [0, 0.1) is 16.7 Å². The molecule has 0 aliphatic carbocycles. The molecule has 5 heteroatoms. The van der Waals surface area contributed by atoms with Crippen molar-refractivity contribution in [2.24, 2.45) is 5.41 Å². The van der Waals surface area contributed by atoms with E-state index in [0.29, 0.717) is 31.7 Å². The number of nitriles is 1. The highest BCUT2D eigenvalue weighted by molar-refractivity contribution is 6.04. The molecule has 0 radical (unpaired) electrons. The summed E-state index contributed by atoms with van der Waals surface area (Å²) in [4.78, 5) is 16.6. The third kappa shape index (κ3) is 2.46. The van der Waals surface area contributed by atoms with Gasteiger partial charge in [0.2, 0.25) is 5.91 Å². The van der Waals surface area contributed by atoms with E-state index in [1.165, 1.54) is 0 Å². The Morgan fingerprint density at radius 1 is 1.33 bits per heavy atom. The van der Waals surface area contributed by atoms with Crippen LogP contribution in [0.5, 0.6) is 0 Å². The number of fused-ring (bicyclic) bond motifs is 1. The van der Waals surface area contributed by atoms with E-state index in [-0.39, 0.29) is 5.91 Å². The molecule has 1 fully saturated rings. The first kappa shape index (κ1) is 13.5. The van der Waals surface area contributed by atoms with Gasteiger partial charge in [0.05, 0.1) is 11.8 Å². The van der Waals surface area contributed by atoms with Gasteiger partial charge in [0.1, 0.15) is 5.41 Å². The molecule has 0 atom stereocenters. The van der Waals surface area contributed by atoms with Gasteiger partial charge in [-0.15, -0.1) is 0 Å². The van der Waals surface area contributed by atoms with Crippen molar-refractivity contribution in [1.82, 2.24) is 4.98 Å². The summed E-state index contributed by atoms with van der Waals surface area (Å²) in [6.45, 7) is 0.885. The molecule has 0 saturated carbocycles. The highest BCUT2D eigenvalue weighted by Crippen LogP contribution is 2.32. The number of anilines is 1. The lowest BCUT2D eigenvalue weighted by molar-refractivity contribution is -0.126. The number of amides is 1. The Morgan fingerprint density at radius 2 is 2.14 bits per heavy atom. The minimum absolute atomic E-state index is 0.260. The number of hydrogen-bond acceptors (Lipinski definition) is 4. The molecule has 1 saturated heterocycles. The van der Waals surface area contributed by atoms with E-state index in [1.807, 2.05) is 24.3 Å². The lowest BCUT2D eigenvalue weighted by Gasteiger charge is -2.29. The summed E-state index contributed by atoms with van der Waals surface area (Å²) in [5.41, 5.74) is -0.311. The SMILES string of the molecule is N#CC1(C(=O)Nc2cccc3ccncc23)CCOCC1. The van der Waals surface area contributed by atoms with Crippen molar-refractivity contribution in [3.63, 3.8) is 0 Å². The van der Waals surface area contributed by atoms with E-state index in [9.17, 15) is 10.1 Å². The zero-order chi connectivity index (χ0) is 14.7. The Bertz CT molecular complexity index is 710. The second-order valence-electron chi connectivity index (χ2n) is 5.16. The third-order valence-electron chi connectivity index (χ3n) is 3.93. The second-order valence-corrected chi connectivity index (χ2v) is 5.16. The van der Waals surface area contributed by atoms with Gasteiger partial charge >= 0.3 is 0 Å². The fourth-order valence-corrected chi connectivity index (χ4v) is 2.57. The van der Waals surface area contributed by atoms with Crippen molar-refractivity contribution in [1.29, 1.82) is 5.26 Å². The molecule has 106 valence electrons. The van der Waals surface area contributed by atoms with Gasteiger partial charge in [-0.25, -0.2) is 0 Å². The number of aromatic nitrogens is 1. The molecule has 1 aliphatic heterocycles. The predicted molar refractivity (Wildman–Crippen MR) is 78.5 cm³/mol. The van der Waals surface area contributed by atoms with Gasteiger partial charge in [-0.1, -0.05) is 12.1 Å². The Labute approximate surface area is 122 Å². The number of carbonyl (C=O) groups is 1. The van der Waals surface area contributed by atoms with Crippen LogP contribution in [0.15, 0.2) is 36.7 Å². The number of benzene rings is 1.